The maximum atomic E-state index is 15.6. The molecule has 5 rings (SSSR count). The Hall–Kier alpha value is -3.41. The van der Waals surface area contributed by atoms with Crippen molar-refractivity contribution in [2.24, 2.45) is 0 Å². The highest BCUT2D eigenvalue weighted by Crippen LogP contribution is 2.47. The second-order valence-corrected chi connectivity index (χ2v) is 8.51. The Morgan fingerprint density at radius 3 is 2.91 bits per heavy atom. The van der Waals surface area contributed by atoms with Crippen molar-refractivity contribution in [1.29, 1.82) is 0 Å². The summed E-state index contributed by atoms with van der Waals surface area (Å²) in [5.74, 6) is -4.72. The number of alkyl halides is 3. The van der Waals surface area contributed by atoms with Crippen molar-refractivity contribution in [3.63, 3.8) is 0 Å². The SMILES string of the molecule is [2H]C([2H])([2H])N1CC[C@H](c2cn3nc(N)nc(OC)c3c2-c2ccc3nnn(C[C@@H](C)F)c3c2)C(F)(F)C1. The maximum absolute atomic E-state index is 15.6. The molecule has 0 bridgehead atoms. The van der Waals surface area contributed by atoms with E-state index in [4.69, 9.17) is 14.6 Å². The molecule has 0 radical (unpaired) electrons. The van der Waals surface area contributed by atoms with Gasteiger partial charge in [-0.3, -0.25) is 0 Å². The van der Waals surface area contributed by atoms with Gasteiger partial charge in [-0.25, -0.2) is 22.4 Å². The van der Waals surface area contributed by atoms with Crippen molar-refractivity contribution >= 4 is 22.5 Å². The predicted octanol–water partition coefficient (Wildman–Crippen LogP) is 3.14. The summed E-state index contributed by atoms with van der Waals surface area (Å²) in [4.78, 5) is 4.94. The molecule has 1 aliphatic heterocycles. The fraction of sp³-hybridized carbons (Fsp3) is 0.455. The summed E-state index contributed by atoms with van der Waals surface area (Å²) < 4.78 is 75.8. The van der Waals surface area contributed by atoms with E-state index in [0.29, 0.717) is 27.7 Å². The largest absolute Gasteiger partial charge is 0.479 e. The fourth-order valence-corrected chi connectivity index (χ4v) is 4.61. The lowest BCUT2D eigenvalue weighted by Gasteiger charge is -2.36. The number of rotatable bonds is 5. The molecule has 1 aliphatic rings. The molecule has 180 valence electrons. The normalized spacial score (nSPS) is 21.3. The van der Waals surface area contributed by atoms with Crippen molar-refractivity contribution in [2.75, 3.05) is 32.9 Å². The summed E-state index contributed by atoms with van der Waals surface area (Å²) in [5, 5.41) is 12.2. The highest BCUT2D eigenvalue weighted by atomic mass is 19.3. The molecule has 12 heteroatoms. The fourth-order valence-electron chi connectivity index (χ4n) is 4.61. The summed E-state index contributed by atoms with van der Waals surface area (Å²) in [6.45, 7) is -2.22. The molecular formula is C22H25F3N8O. The van der Waals surface area contributed by atoms with Gasteiger partial charge in [-0.2, -0.15) is 4.98 Å². The summed E-state index contributed by atoms with van der Waals surface area (Å²) in [7, 11) is 1.38. The zero-order valence-corrected chi connectivity index (χ0v) is 18.5. The van der Waals surface area contributed by atoms with Gasteiger partial charge in [-0.15, -0.1) is 10.2 Å². The van der Waals surface area contributed by atoms with Crippen molar-refractivity contribution < 1.29 is 22.0 Å². The smallest absolute Gasteiger partial charge is 0.267 e. The molecule has 34 heavy (non-hydrogen) atoms. The number of ether oxygens (including phenoxy) is 1. The van der Waals surface area contributed by atoms with Crippen LogP contribution in [0.25, 0.3) is 27.7 Å². The van der Waals surface area contributed by atoms with Crippen molar-refractivity contribution in [1.82, 2.24) is 34.5 Å². The number of fused-ring (bicyclic) bond motifs is 2. The molecule has 2 atom stereocenters. The van der Waals surface area contributed by atoms with E-state index in [1.165, 1.54) is 29.4 Å². The molecule has 4 aromatic rings. The van der Waals surface area contributed by atoms with Crippen LogP contribution in [0.4, 0.5) is 19.1 Å². The lowest BCUT2D eigenvalue weighted by Crippen LogP contribution is -2.45. The van der Waals surface area contributed by atoms with Crippen LogP contribution in [0.2, 0.25) is 0 Å². The second kappa shape index (κ2) is 8.12. The highest BCUT2D eigenvalue weighted by molar-refractivity contribution is 5.91. The van der Waals surface area contributed by atoms with Gasteiger partial charge in [0.25, 0.3) is 5.92 Å². The number of likely N-dealkylation sites (tertiary alicyclic amines) is 1. The Balaban J connectivity index is 1.72. The van der Waals surface area contributed by atoms with Crippen LogP contribution in [-0.2, 0) is 6.54 Å². The first-order valence-electron chi connectivity index (χ1n) is 12.2. The molecule has 1 aromatic carbocycles. The molecule has 1 fully saturated rings. The third-order valence-electron chi connectivity index (χ3n) is 6.04. The van der Waals surface area contributed by atoms with Crippen LogP contribution >= 0.6 is 0 Å². The van der Waals surface area contributed by atoms with Gasteiger partial charge in [-0.05, 0) is 50.1 Å². The van der Waals surface area contributed by atoms with E-state index in [2.05, 4.69) is 20.4 Å². The molecule has 0 spiro atoms. The van der Waals surface area contributed by atoms with Crippen LogP contribution in [0, 0.1) is 0 Å². The predicted molar refractivity (Wildman–Crippen MR) is 121 cm³/mol. The molecule has 4 heterocycles. The summed E-state index contributed by atoms with van der Waals surface area (Å²) in [6.07, 6.45) is 0.165. The number of nitrogen functional groups attached to an aromatic ring is 1. The minimum absolute atomic E-state index is 0.0298. The highest BCUT2D eigenvalue weighted by Gasteiger charge is 2.46. The third-order valence-corrected chi connectivity index (χ3v) is 6.04. The van der Waals surface area contributed by atoms with E-state index >= 15 is 8.78 Å². The molecule has 1 saturated heterocycles. The molecule has 3 aromatic heterocycles. The maximum Gasteiger partial charge on any atom is 0.267 e. The Kier molecular flexibility index (Phi) is 4.52. The quantitative estimate of drug-likeness (QED) is 0.471. The van der Waals surface area contributed by atoms with Crippen LogP contribution in [0.5, 0.6) is 5.88 Å². The molecule has 0 saturated carbocycles. The van der Waals surface area contributed by atoms with Gasteiger partial charge in [0.05, 0.1) is 31.6 Å². The van der Waals surface area contributed by atoms with E-state index < -0.39 is 31.5 Å². The van der Waals surface area contributed by atoms with Gasteiger partial charge >= 0.3 is 0 Å². The standard InChI is InChI=1S/C22H25F3N8O/c1-12(23)9-32-17-8-13(4-5-16(17)28-30-32)18-14(15-6-7-31(2)11-22(15,24)25)10-33-19(18)20(34-3)27-21(26)29-33/h4-5,8,10,12,15H,6-7,9,11H2,1-3H3,(H2,26,29)/t12-,15-/m1/s1/i2D3. The zero-order valence-electron chi connectivity index (χ0n) is 21.5. The molecule has 2 N–H and O–H groups in total. The molecule has 0 aliphatic carbocycles. The van der Waals surface area contributed by atoms with Crippen LogP contribution in [0.3, 0.4) is 0 Å². The Bertz CT molecular complexity index is 1470. The number of anilines is 1. The Morgan fingerprint density at radius 1 is 1.38 bits per heavy atom. The average molecular weight is 478 g/mol. The zero-order chi connectivity index (χ0) is 26.7. The number of nitrogens with zero attached hydrogens (tertiary/aromatic N) is 7. The number of benzene rings is 1. The summed E-state index contributed by atoms with van der Waals surface area (Å²) >= 11 is 0. The first-order chi connectivity index (χ1) is 17.4. The van der Waals surface area contributed by atoms with E-state index in [1.807, 2.05) is 0 Å². The molecular weight excluding hydrogens is 449 g/mol. The van der Waals surface area contributed by atoms with Gasteiger partial charge in [0.2, 0.25) is 11.8 Å². The third kappa shape index (κ3) is 3.71. The summed E-state index contributed by atoms with van der Waals surface area (Å²) in [5.41, 5.74) is 8.31. The number of hydrogen-bond donors (Lipinski definition) is 1. The Morgan fingerprint density at radius 2 is 2.21 bits per heavy atom. The minimum Gasteiger partial charge on any atom is -0.479 e. The van der Waals surface area contributed by atoms with E-state index in [-0.39, 0.29) is 36.9 Å². The minimum atomic E-state index is -3.37. The summed E-state index contributed by atoms with van der Waals surface area (Å²) in [6, 6.07) is 5.07. The first kappa shape index (κ1) is 19.0. The van der Waals surface area contributed by atoms with Gasteiger partial charge in [0.15, 0.2) is 0 Å². The first-order valence-corrected chi connectivity index (χ1v) is 10.7. The number of hydrogen-bond acceptors (Lipinski definition) is 7. The second-order valence-electron chi connectivity index (χ2n) is 8.51. The lowest BCUT2D eigenvalue weighted by atomic mass is 9.84. The number of methoxy groups -OCH3 is 1. The van der Waals surface area contributed by atoms with Gasteiger partial charge < -0.3 is 15.4 Å². The van der Waals surface area contributed by atoms with Gasteiger partial charge in [0, 0.05) is 15.9 Å². The monoisotopic (exact) mass is 477 g/mol. The van der Waals surface area contributed by atoms with Crippen molar-refractivity contribution in [3.8, 4) is 17.0 Å². The van der Waals surface area contributed by atoms with E-state index in [9.17, 15) is 4.39 Å². The van der Waals surface area contributed by atoms with E-state index in [0.717, 1.165) is 4.90 Å². The number of nitrogens with two attached hydrogens (primary N) is 1. The molecule has 9 nitrogen and oxygen atoms in total. The van der Waals surface area contributed by atoms with Crippen molar-refractivity contribution in [3.05, 3.63) is 30.0 Å². The van der Waals surface area contributed by atoms with Crippen molar-refractivity contribution in [2.45, 2.75) is 37.9 Å². The number of aromatic nitrogens is 6. The van der Waals surface area contributed by atoms with Gasteiger partial charge in [0.1, 0.15) is 17.2 Å². The average Bonchev–Trinajstić information content (AvgIpc) is 3.37. The van der Waals surface area contributed by atoms with Crippen LogP contribution < -0.4 is 10.5 Å². The lowest BCUT2D eigenvalue weighted by molar-refractivity contribution is -0.0764. The van der Waals surface area contributed by atoms with Crippen LogP contribution in [0.1, 0.15) is 28.9 Å². The number of halogens is 3. The van der Waals surface area contributed by atoms with Gasteiger partial charge in [-0.1, -0.05) is 11.3 Å². The van der Waals surface area contributed by atoms with E-state index in [1.54, 1.807) is 18.2 Å². The van der Waals surface area contributed by atoms with Crippen LogP contribution in [0.15, 0.2) is 24.4 Å². The number of piperidine rings is 1. The molecule has 0 unspecified atom stereocenters. The molecule has 0 amide bonds. The Labute approximate surface area is 197 Å². The topological polar surface area (TPSA) is 99.4 Å². The van der Waals surface area contributed by atoms with Crippen LogP contribution in [-0.4, -0.2) is 73.8 Å².